The Morgan fingerprint density at radius 1 is 1.09 bits per heavy atom. The van der Waals surface area contributed by atoms with Crippen LogP contribution in [0.2, 0.25) is 0 Å². The molecule has 0 radical (unpaired) electrons. The molecule has 4 rings (SSSR count). The molecule has 2 aromatic heterocycles. The molecule has 3 aromatic rings. The molecule has 33 heavy (non-hydrogen) atoms. The fourth-order valence-corrected chi connectivity index (χ4v) is 2.33. The van der Waals surface area contributed by atoms with E-state index in [0.29, 0.717) is 11.5 Å². The second-order valence-corrected chi connectivity index (χ2v) is 6.26. The second-order valence-electron chi connectivity index (χ2n) is 6.26. The molecule has 1 aliphatic heterocycles. The average Bonchev–Trinajstić information content (AvgIpc) is 3.39. The Morgan fingerprint density at radius 2 is 1.85 bits per heavy atom. The number of urea groups is 1. The van der Waals surface area contributed by atoms with E-state index in [9.17, 15) is 19.7 Å². The van der Waals surface area contributed by atoms with E-state index in [1.165, 1.54) is 6.07 Å². The topological polar surface area (TPSA) is 208 Å². The van der Waals surface area contributed by atoms with E-state index in [4.69, 9.17) is 15.9 Å². The molecule has 0 aliphatic carbocycles. The lowest BCUT2D eigenvalue weighted by Gasteiger charge is -2.02. The van der Waals surface area contributed by atoms with Gasteiger partial charge < -0.3 is 15.9 Å². The van der Waals surface area contributed by atoms with Crippen molar-refractivity contribution in [1.29, 1.82) is 0 Å². The fourth-order valence-electron chi connectivity index (χ4n) is 2.33. The van der Waals surface area contributed by atoms with Gasteiger partial charge in [-0.1, -0.05) is 18.2 Å². The van der Waals surface area contributed by atoms with Crippen LogP contribution in [-0.2, 0) is 4.79 Å². The predicted octanol–water partition coefficient (Wildman–Crippen LogP) is 2.73. The number of azo groups is 1. The molecule has 1 saturated heterocycles. The van der Waals surface area contributed by atoms with Gasteiger partial charge in [0.25, 0.3) is 0 Å². The van der Waals surface area contributed by atoms with E-state index in [-0.39, 0.29) is 18.1 Å². The lowest BCUT2D eigenvalue weighted by atomic mass is 10.3. The summed E-state index contributed by atoms with van der Waals surface area (Å²) < 4.78 is 4.78. The summed E-state index contributed by atoms with van der Waals surface area (Å²) in [6, 6.07) is 14.6. The van der Waals surface area contributed by atoms with Crippen molar-refractivity contribution in [2.24, 2.45) is 15.3 Å². The number of aromatic nitrogens is 1. The maximum Gasteiger partial charge on any atom is 0.433 e. The maximum atomic E-state index is 11.1. The van der Waals surface area contributed by atoms with Crippen molar-refractivity contribution < 1.29 is 18.9 Å². The normalized spacial score (nSPS) is 13.3. The van der Waals surface area contributed by atoms with E-state index in [0.717, 1.165) is 23.0 Å². The van der Waals surface area contributed by atoms with Gasteiger partial charge in [-0.05, 0) is 30.3 Å². The van der Waals surface area contributed by atoms with Crippen LogP contribution in [0.15, 0.2) is 74.3 Å². The molecule has 1 fully saturated rings. The SMILES string of the molecule is Nc1ccc(/N=N/c2ccccc2)c(N)n1.O=C1CN(/N=C/c2ccc([N+](=O)[O-])o2)C(=O)N1. The van der Waals surface area contributed by atoms with Crippen molar-refractivity contribution in [2.75, 3.05) is 18.0 Å². The van der Waals surface area contributed by atoms with Gasteiger partial charge in [0, 0.05) is 0 Å². The summed E-state index contributed by atoms with van der Waals surface area (Å²) in [6.07, 6.45) is 1.12. The van der Waals surface area contributed by atoms with Gasteiger partial charge in [0.2, 0.25) is 5.91 Å². The van der Waals surface area contributed by atoms with Gasteiger partial charge >= 0.3 is 11.9 Å². The van der Waals surface area contributed by atoms with E-state index in [1.54, 1.807) is 12.1 Å². The van der Waals surface area contributed by atoms with Gasteiger partial charge in [0.05, 0.1) is 18.0 Å². The van der Waals surface area contributed by atoms with Crippen molar-refractivity contribution in [1.82, 2.24) is 15.3 Å². The van der Waals surface area contributed by atoms with Gasteiger partial charge in [-0.3, -0.25) is 20.2 Å². The van der Waals surface area contributed by atoms with Gasteiger partial charge in [-0.2, -0.15) is 10.2 Å². The third kappa shape index (κ3) is 6.42. The number of nitrogens with two attached hydrogens (primary N) is 2. The standard InChI is InChI=1S/C11H11N5.C8H6N4O5/c12-10-7-6-9(11(13)14-10)16-15-8-4-2-1-3-5-8;13-6-4-11(8(14)10-6)9-3-5-1-2-7(17-5)12(15)16/h1-7H,(H4,12,13,14);1-3H,4H2,(H,10,13,14)/b16-15+;9-3+. The number of nitrogen functional groups attached to an aromatic ring is 2. The van der Waals surface area contributed by atoms with Gasteiger partial charge in [-0.15, -0.1) is 5.11 Å². The summed E-state index contributed by atoms with van der Waals surface area (Å²) >= 11 is 0. The number of hydrogen-bond donors (Lipinski definition) is 3. The van der Waals surface area contributed by atoms with Crippen LogP contribution in [0.3, 0.4) is 0 Å². The first-order valence-corrected chi connectivity index (χ1v) is 9.20. The van der Waals surface area contributed by atoms with Crippen molar-refractivity contribution in [3.8, 4) is 0 Å². The molecular weight excluding hydrogens is 434 g/mol. The Morgan fingerprint density at radius 3 is 2.45 bits per heavy atom. The van der Waals surface area contributed by atoms with Crippen LogP contribution in [0, 0.1) is 10.1 Å². The number of carbonyl (C=O) groups excluding carboxylic acids is 2. The molecule has 0 unspecified atom stereocenters. The highest BCUT2D eigenvalue weighted by molar-refractivity contribution is 6.02. The number of furan rings is 1. The monoisotopic (exact) mass is 451 g/mol. The number of nitrogens with zero attached hydrogens (tertiary/aromatic N) is 6. The molecule has 0 spiro atoms. The van der Waals surface area contributed by atoms with Crippen molar-refractivity contribution in [2.45, 2.75) is 0 Å². The molecule has 0 atom stereocenters. The zero-order valence-electron chi connectivity index (χ0n) is 16.9. The number of nitrogens with one attached hydrogen (secondary N) is 1. The number of pyridine rings is 1. The molecule has 14 heteroatoms. The van der Waals surface area contributed by atoms with E-state index < -0.39 is 22.7 Å². The number of anilines is 2. The highest BCUT2D eigenvalue weighted by Gasteiger charge is 2.26. The Bertz CT molecular complexity index is 1220. The molecule has 168 valence electrons. The molecular formula is C19H17N9O5. The summed E-state index contributed by atoms with van der Waals surface area (Å²) in [5.74, 6) is -0.120. The minimum atomic E-state index is -0.691. The smallest absolute Gasteiger partial charge is 0.400 e. The molecule has 0 saturated carbocycles. The summed E-state index contributed by atoms with van der Waals surface area (Å²) in [5.41, 5.74) is 12.4. The molecule has 14 nitrogen and oxygen atoms in total. The van der Waals surface area contributed by atoms with Gasteiger partial charge in [0.15, 0.2) is 11.6 Å². The summed E-state index contributed by atoms with van der Waals surface area (Å²) in [4.78, 5) is 35.4. The number of nitro groups is 1. The van der Waals surface area contributed by atoms with E-state index in [2.05, 4.69) is 20.3 Å². The minimum absolute atomic E-state index is 0.115. The van der Waals surface area contributed by atoms with Crippen molar-refractivity contribution in [3.05, 3.63) is 70.5 Å². The van der Waals surface area contributed by atoms with Crippen LogP contribution < -0.4 is 16.8 Å². The molecule has 0 bridgehead atoms. The third-order valence-electron chi connectivity index (χ3n) is 3.84. The number of carbonyl (C=O) groups is 2. The number of hydrogen-bond acceptors (Lipinski definition) is 11. The first-order valence-electron chi connectivity index (χ1n) is 9.20. The van der Waals surface area contributed by atoms with Crippen LogP contribution in [0.1, 0.15) is 5.76 Å². The molecule has 1 aromatic carbocycles. The number of imide groups is 1. The quantitative estimate of drug-likeness (QED) is 0.172. The third-order valence-corrected chi connectivity index (χ3v) is 3.84. The van der Waals surface area contributed by atoms with Crippen LogP contribution in [0.4, 0.5) is 33.7 Å². The Balaban J connectivity index is 0.000000186. The second kappa shape index (κ2) is 10.3. The Labute approximate surface area is 185 Å². The zero-order chi connectivity index (χ0) is 23.8. The summed E-state index contributed by atoms with van der Waals surface area (Å²) in [7, 11) is 0. The number of amides is 3. The first kappa shape index (κ1) is 22.5. The average molecular weight is 451 g/mol. The first-order chi connectivity index (χ1) is 15.8. The highest BCUT2D eigenvalue weighted by Crippen LogP contribution is 2.23. The molecule has 1 aliphatic rings. The lowest BCUT2D eigenvalue weighted by molar-refractivity contribution is -0.402. The largest absolute Gasteiger partial charge is 0.433 e. The summed E-state index contributed by atoms with van der Waals surface area (Å²) in [5, 5.41) is 24.9. The van der Waals surface area contributed by atoms with Crippen LogP contribution in [0.25, 0.3) is 0 Å². The molecule has 3 amide bonds. The van der Waals surface area contributed by atoms with Gasteiger partial charge in [0.1, 0.15) is 23.0 Å². The minimum Gasteiger partial charge on any atom is -0.400 e. The van der Waals surface area contributed by atoms with E-state index >= 15 is 0 Å². The molecule has 3 heterocycles. The van der Waals surface area contributed by atoms with Crippen molar-refractivity contribution >= 4 is 47.0 Å². The summed E-state index contributed by atoms with van der Waals surface area (Å²) in [6.45, 7) is -0.182. The van der Waals surface area contributed by atoms with Crippen LogP contribution >= 0.6 is 0 Å². The maximum absolute atomic E-state index is 11.1. The molecule has 5 N–H and O–H groups in total. The van der Waals surface area contributed by atoms with E-state index in [1.807, 2.05) is 35.6 Å². The predicted molar refractivity (Wildman–Crippen MR) is 117 cm³/mol. The van der Waals surface area contributed by atoms with Gasteiger partial charge in [-0.25, -0.2) is 14.8 Å². The zero-order valence-corrected chi connectivity index (χ0v) is 16.9. The lowest BCUT2D eigenvalue weighted by Crippen LogP contribution is -2.24. The van der Waals surface area contributed by atoms with Crippen LogP contribution in [-0.4, -0.2) is 39.6 Å². The van der Waals surface area contributed by atoms with Crippen LogP contribution in [0.5, 0.6) is 0 Å². The number of hydrazone groups is 1. The Hall–Kier alpha value is -5.14. The van der Waals surface area contributed by atoms with Crippen molar-refractivity contribution in [3.63, 3.8) is 0 Å². The number of rotatable bonds is 5. The Kier molecular flexibility index (Phi) is 7.00. The number of benzene rings is 1. The highest BCUT2D eigenvalue weighted by atomic mass is 16.6. The fraction of sp³-hybridized carbons (Fsp3) is 0.0526.